The Bertz CT molecular complexity index is 1210. The van der Waals surface area contributed by atoms with E-state index in [4.69, 9.17) is 10.5 Å². The molecule has 0 aliphatic heterocycles. The van der Waals surface area contributed by atoms with E-state index in [2.05, 4.69) is 25.5 Å². The molecule has 30 heavy (non-hydrogen) atoms. The Morgan fingerprint density at radius 3 is 2.67 bits per heavy atom. The molecule has 2 heterocycles. The third-order valence-corrected chi connectivity index (χ3v) is 4.44. The number of carbonyl (C=O) groups excluding carboxylic acids is 1. The molecule has 4 aromatic rings. The summed E-state index contributed by atoms with van der Waals surface area (Å²) in [4.78, 5) is 21.2. The summed E-state index contributed by atoms with van der Waals surface area (Å²) < 4.78 is 19.1. The highest BCUT2D eigenvalue weighted by Gasteiger charge is 2.13. The fourth-order valence-corrected chi connectivity index (χ4v) is 3.04. The van der Waals surface area contributed by atoms with Crippen molar-refractivity contribution < 1.29 is 13.9 Å². The van der Waals surface area contributed by atoms with Crippen molar-refractivity contribution in [1.82, 2.24) is 25.5 Å². The Labute approximate surface area is 171 Å². The maximum absolute atomic E-state index is 13.3. The van der Waals surface area contributed by atoms with Crippen molar-refractivity contribution in [3.8, 4) is 17.0 Å². The normalized spacial score (nSPS) is 10.9. The molecule has 0 aliphatic carbocycles. The minimum atomic E-state index is -0.322. The highest BCUT2D eigenvalue weighted by atomic mass is 19.1. The lowest BCUT2D eigenvalue weighted by Crippen LogP contribution is -2.23. The van der Waals surface area contributed by atoms with Gasteiger partial charge in [0.1, 0.15) is 17.4 Å². The molecule has 4 N–H and O–H groups in total. The zero-order chi connectivity index (χ0) is 21.1. The molecule has 0 fully saturated rings. The summed E-state index contributed by atoms with van der Waals surface area (Å²) in [6.07, 6.45) is 0. The number of nitrogens with two attached hydrogens (primary N) is 1. The van der Waals surface area contributed by atoms with E-state index >= 15 is 0 Å². The van der Waals surface area contributed by atoms with Gasteiger partial charge in [-0.2, -0.15) is 4.98 Å². The lowest BCUT2D eigenvalue weighted by atomic mass is 10.1. The van der Waals surface area contributed by atoms with Gasteiger partial charge in [0, 0.05) is 22.6 Å². The number of anilines is 1. The Balaban J connectivity index is 1.67. The summed E-state index contributed by atoms with van der Waals surface area (Å²) in [5, 5.41) is 9.90. The van der Waals surface area contributed by atoms with Gasteiger partial charge in [-0.3, -0.25) is 9.89 Å². The largest absolute Gasteiger partial charge is 0.493 e. The van der Waals surface area contributed by atoms with Gasteiger partial charge in [-0.15, -0.1) is 5.10 Å². The molecule has 9 heteroatoms. The van der Waals surface area contributed by atoms with E-state index in [0.717, 1.165) is 10.9 Å². The Morgan fingerprint density at radius 1 is 1.17 bits per heavy atom. The van der Waals surface area contributed by atoms with Crippen molar-refractivity contribution >= 4 is 22.8 Å². The molecule has 0 atom stereocenters. The standard InChI is InChI=1S/C21H19FN6O2/c1-2-30-18-10-16(12-3-6-14(22)7-4-12)25-17-9-13(5-8-15(17)18)20(29)24-11-19-26-21(23)28-27-19/h3-10H,2,11H2,1H3,(H,24,29)(H3,23,26,27,28). The quantitative estimate of drug-likeness (QED) is 0.453. The van der Waals surface area contributed by atoms with Crippen LogP contribution in [0.5, 0.6) is 5.75 Å². The first-order valence-electron chi connectivity index (χ1n) is 9.32. The Hall–Kier alpha value is -4.01. The van der Waals surface area contributed by atoms with Gasteiger partial charge < -0.3 is 15.8 Å². The van der Waals surface area contributed by atoms with Crippen molar-refractivity contribution in [2.24, 2.45) is 0 Å². The van der Waals surface area contributed by atoms with Gasteiger partial charge in [-0.05, 0) is 49.4 Å². The van der Waals surface area contributed by atoms with Crippen LogP contribution in [0.4, 0.5) is 10.3 Å². The highest BCUT2D eigenvalue weighted by molar-refractivity contribution is 5.99. The van der Waals surface area contributed by atoms with Gasteiger partial charge in [0.2, 0.25) is 5.95 Å². The number of rotatable bonds is 6. The van der Waals surface area contributed by atoms with Crippen molar-refractivity contribution in [2.45, 2.75) is 13.5 Å². The number of pyridine rings is 1. The SMILES string of the molecule is CCOc1cc(-c2ccc(F)cc2)nc2cc(C(=O)NCc3nc(N)n[nH]3)ccc12. The number of nitrogens with one attached hydrogen (secondary N) is 2. The molecular formula is C21H19FN6O2. The molecule has 4 rings (SSSR count). The molecule has 0 unspecified atom stereocenters. The summed E-state index contributed by atoms with van der Waals surface area (Å²) in [5.41, 5.74) is 7.86. The van der Waals surface area contributed by atoms with Crippen LogP contribution in [0.2, 0.25) is 0 Å². The van der Waals surface area contributed by atoms with Gasteiger partial charge in [0.15, 0.2) is 0 Å². The molecule has 0 aliphatic rings. The van der Waals surface area contributed by atoms with Gasteiger partial charge in [0.05, 0.1) is 24.4 Å². The molecule has 0 spiro atoms. The molecule has 2 aromatic heterocycles. The molecule has 8 nitrogen and oxygen atoms in total. The zero-order valence-corrected chi connectivity index (χ0v) is 16.1. The molecule has 0 saturated heterocycles. The molecule has 1 amide bonds. The van der Waals surface area contributed by atoms with E-state index in [0.29, 0.717) is 35.0 Å². The summed E-state index contributed by atoms with van der Waals surface area (Å²) in [7, 11) is 0. The molecular weight excluding hydrogens is 387 g/mol. The Morgan fingerprint density at radius 2 is 1.97 bits per heavy atom. The van der Waals surface area contributed by atoms with Gasteiger partial charge in [-0.25, -0.2) is 9.37 Å². The number of nitrogens with zero attached hydrogens (tertiary/aromatic N) is 3. The summed E-state index contributed by atoms with van der Waals surface area (Å²) in [6, 6.07) is 13.1. The number of aromatic amines is 1. The van der Waals surface area contributed by atoms with Crippen molar-refractivity contribution in [1.29, 1.82) is 0 Å². The van der Waals surface area contributed by atoms with Crippen molar-refractivity contribution in [2.75, 3.05) is 12.3 Å². The number of hydrogen-bond acceptors (Lipinski definition) is 6. The van der Waals surface area contributed by atoms with Crippen molar-refractivity contribution in [3.05, 3.63) is 65.7 Å². The van der Waals surface area contributed by atoms with Gasteiger partial charge in [-0.1, -0.05) is 0 Å². The average Bonchev–Trinajstić information content (AvgIpc) is 3.17. The topological polar surface area (TPSA) is 119 Å². The summed E-state index contributed by atoms with van der Waals surface area (Å²) in [5.74, 6) is 0.602. The number of benzene rings is 2. The van der Waals surface area contributed by atoms with Crippen LogP contribution in [-0.4, -0.2) is 32.7 Å². The molecule has 2 aromatic carbocycles. The van der Waals surface area contributed by atoms with Gasteiger partial charge >= 0.3 is 0 Å². The minimum absolute atomic E-state index is 0.117. The van der Waals surface area contributed by atoms with Crippen LogP contribution in [-0.2, 0) is 6.54 Å². The van der Waals surface area contributed by atoms with Crippen LogP contribution in [0.1, 0.15) is 23.1 Å². The number of nitrogen functional groups attached to an aromatic ring is 1. The average molecular weight is 406 g/mol. The van der Waals surface area contributed by atoms with E-state index in [1.165, 1.54) is 12.1 Å². The van der Waals surface area contributed by atoms with Crippen LogP contribution < -0.4 is 15.8 Å². The lowest BCUT2D eigenvalue weighted by molar-refractivity contribution is 0.0950. The molecule has 0 saturated carbocycles. The molecule has 0 bridgehead atoms. The zero-order valence-electron chi connectivity index (χ0n) is 16.1. The van der Waals surface area contributed by atoms with Crippen molar-refractivity contribution in [3.63, 3.8) is 0 Å². The number of amides is 1. The maximum Gasteiger partial charge on any atom is 0.251 e. The number of hydrogen-bond donors (Lipinski definition) is 3. The van der Waals surface area contributed by atoms with E-state index in [9.17, 15) is 9.18 Å². The van der Waals surface area contributed by atoms with Crippen LogP contribution in [0.3, 0.4) is 0 Å². The van der Waals surface area contributed by atoms with Crippen LogP contribution >= 0.6 is 0 Å². The summed E-state index contributed by atoms with van der Waals surface area (Å²) >= 11 is 0. The number of halogens is 1. The first-order valence-corrected chi connectivity index (χ1v) is 9.32. The van der Waals surface area contributed by atoms with Gasteiger partial charge in [0.25, 0.3) is 5.91 Å². The number of carbonyl (C=O) groups is 1. The fourth-order valence-electron chi connectivity index (χ4n) is 3.04. The van der Waals surface area contributed by atoms with Crippen LogP contribution in [0.25, 0.3) is 22.2 Å². The third-order valence-electron chi connectivity index (χ3n) is 4.44. The van der Waals surface area contributed by atoms with E-state index in [1.807, 2.05) is 13.0 Å². The highest BCUT2D eigenvalue weighted by Crippen LogP contribution is 2.31. The first-order chi connectivity index (χ1) is 14.5. The third kappa shape index (κ3) is 4.04. The Kier molecular flexibility index (Phi) is 5.25. The van der Waals surface area contributed by atoms with E-state index in [1.54, 1.807) is 30.3 Å². The van der Waals surface area contributed by atoms with Crippen LogP contribution in [0.15, 0.2) is 48.5 Å². The maximum atomic E-state index is 13.3. The first kappa shape index (κ1) is 19.3. The second-order valence-electron chi connectivity index (χ2n) is 6.50. The predicted octanol–water partition coefficient (Wildman–Crippen LogP) is 3.07. The number of fused-ring (bicyclic) bond motifs is 1. The minimum Gasteiger partial charge on any atom is -0.493 e. The molecule has 152 valence electrons. The van der Waals surface area contributed by atoms with E-state index in [-0.39, 0.29) is 24.2 Å². The molecule has 0 radical (unpaired) electrons. The monoisotopic (exact) mass is 406 g/mol. The summed E-state index contributed by atoms with van der Waals surface area (Å²) in [6.45, 7) is 2.53. The number of aromatic nitrogens is 4. The predicted molar refractivity (Wildman–Crippen MR) is 110 cm³/mol. The number of ether oxygens (including phenoxy) is 1. The number of H-pyrrole nitrogens is 1. The lowest BCUT2D eigenvalue weighted by Gasteiger charge is -2.12. The van der Waals surface area contributed by atoms with E-state index < -0.39 is 0 Å². The second-order valence-corrected chi connectivity index (χ2v) is 6.50. The van der Waals surface area contributed by atoms with Crippen LogP contribution in [0, 0.1) is 5.82 Å². The fraction of sp³-hybridized carbons (Fsp3) is 0.143. The smallest absolute Gasteiger partial charge is 0.251 e. The second kappa shape index (κ2) is 8.16.